The van der Waals surface area contributed by atoms with Crippen molar-refractivity contribution in [1.29, 1.82) is 0 Å². The lowest BCUT2D eigenvalue weighted by Gasteiger charge is -2.25. The molecule has 120 valence electrons. The van der Waals surface area contributed by atoms with Crippen LogP contribution in [0, 0.1) is 12.7 Å². The lowest BCUT2D eigenvalue weighted by Crippen LogP contribution is -2.45. The highest BCUT2D eigenvalue weighted by Crippen LogP contribution is 2.19. The predicted octanol–water partition coefficient (Wildman–Crippen LogP) is 1.63. The molecule has 0 radical (unpaired) electrons. The molecule has 1 heterocycles. The van der Waals surface area contributed by atoms with Crippen LogP contribution in [0.5, 0.6) is 0 Å². The number of nitrogens with zero attached hydrogens (tertiary/aromatic N) is 2. The molecule has 1 N–H and O–H groups in total. The molecule has 2 amide bonds. The van der Waals surface area contributed by atoms with Gasteiger partial charge in [-0.3, -0.25) is 14.5 Å². The van der Waals surface area contributed by atoms with Crippen molar-refractivity contribution in [2.24, 2.45) is 0 Å². The Morgan fingerprint density at radius 1 is 1.41 bits per heavy atom. The second kappa shape index (κ2) is 6.87. The summed E-state index contributed by atoms with van der Waals surface area (Å²) in [6.07, 6.45) is 1.64. The van der Waals surface area contributed by atoms with Crippen LogP contribution in [-0.2, 0) is 9.59 Å². The number of benzene rings is 1. The number of carbonyl (C=O) groups is 2. The summed E-state index contributed by atoms with van der Waals surface area (Å²) in [5, 5.41) is 2.57. The Morgan fingerprint density at radius 2 is 2.14 bits per heavy atom. The summed E-state index contributed by atoms with van der Waals surface area (Å²) in [6.45, 7) is 2.59. The molecule has 5 nitrogen and oxygen atoms in total. The van der Waals surface area contributed by atoms with E-state index in [9.17, 15) is 14.0 Å². The van der Waals surface area contributed by atoms with Gasteiger partial charge in [-0.15, -0.1) is 0 Å². The first-order valence-electron chi connectivity index (χ1n) is 7.39. The molecule has 1 aliphatic heterocycles. The van der Waals surface area contributed by atoms with Crippen molar-refractivity contribution in [3.63, 3.8) is 0 Å². The minimum absolute atomic E-state index is 0.00631. The van der Waals surface area contributed by atoms with Crippen LogP contribution in [0.3, 0.4) is 0 Å². The summed E-state index contributed by atoms with van der Waals surface area (Å²) in [7, 11) is 3.42. The lowest BCUT2D eigenvalue weighted by atomic mass is 10.2. The van der Waals surface area contributed by atoms with Crippen molar-refractivity contribution in [3.05, 3.63) is 29.6 Å². The molecule has 1 fully saturated rings. The zero-order valence-electron chi connectivity index (χ0n) is 13.2. The Hall–Kier alpha value is -1.95. The molecule has 6 heteroatoms. The Labute approximate surface area is 130 Å². The van der Waals surface area contributed by atoms with Gasteiger partial charge in [0, 0.05) is 14.1 Å². The summed E-state index contributed by atoms with van der Waals surface area (Å²) >= 11 is 0. The van der Waals surface area contributed by atoms with Crippen molar-refractivity contribution in [3.8, 4) is 0 Å². The number of halogens is 1. The maximum absolute atomic E-state index is 13.7. The van der Waals surface area contributed by atoms with Gasteiger partial charge in [0.25, 0.3) is 0 Å². The molecule has 1 saturated heterocycles. The summed E-state index contributed by atoms with van der Waals surface area (Å²) in [5.74, 6) is -0.747. The number of aryl methyl sites for hydroxylation is 1. The van der Waals surface area contributed by atoms with Gasteiger partial charge in [0.05, 0.1) is 18.3 Å². The summed E-state index contributed by atoms with van der Waals surface area (Å²) in [6, 6.07) is 4.41. The number of rotatable bonds is 4. The van der Waals surface area contributed by atoms with Gasteiger partial charge < -0.3 is 10.2 Å². The highest BCUT2D eigenvalue weighted by Gasteiger charge is 2.32. The number of nitrogens with one attached hydrogen (secondary N) is 1. The van der Waals surface area contributed by atoms with Crippen LogP contribution in [0.1, 0.15) is 18.4 Å². The van der Waals surface area contributed by atoms with E-state index in [4.69, 9.17) is 0 Å². The first kappa shape index (κ1) is 16.4. The molecule has 0 bridgehead atoms. The molecule has 1 aromatic carbocycles. The molecule has 0 spiro atoms. The topological polar surface area (TPSA) is 52.7 Å². The standard InChI is InChI=1S/C16H22FN3O2/c1-11-6-7-13(12(17)9-11)18-15(21)10-20-8-4-5-14(20)16(22)19(2)3/h6-7,9,14H,4-5,8,10H2,1-3H3,(H,18,21)/t14-/m0/s1. The molecule has 1 atom stereocenters. The van der Waals surface area contributed by atoms with Gasteiger partial charge >= 0.3 is 0 Å². The van der Waals surface area contributed by atoms with E-state index in [0.717, 1.165) is 18.4 Å². The first-order valence-corrected chi connectivity index (χ1v) is 7.39. The number of amides is 2. The van der Waals surface area contributed by atoms with Gasteiger partial charge in [-0.2, -0.15) is 0 Å². The molecular formula is C16H22FN3O2. The second-order valence-electron chi connectivity index (χ2n) is 5.89. The Balaban J connectivity index is 1.98. The second-order valence-corrected chi connectivity index (χ2v) is 5.89. The van der Waals surface area contributed by atoms with Crippen LogP contribution in [-0.4, -0.2) is 54.8 Å². The lowest BCUT2D eigenvalue weighted by molar-refractivity contribution is -0.133. The predicted molar refractivity (Wildman–Crippen MR) is 83.1 cm³/mol. The Kier molecular flexibility index (Phi) is 5.13. The van der Waals surface area contributed by atoms with Gasteiger partial charge in [-0.05, 0) is 44.0 Å². The van der Waals surface area contributed by atoms with Crippen molar-refractivity contribution in [2.75, 3.05) is 32.5 Å². The normalized spacial score (nSPS) is 18.3. The van der Waals surface area contributed by atoms with Crippen molar-refractivity contribution in [2.45, 2.75) is 25.8 Å². The van der Waals surface area contributed by atoms with Crippen LogP contribution in [0.2, 0.25) is 0 Å². The van der Waals surface area contributed by atoms with Crippen LogP contribution in [0.25, 0.3) is 0 Å². The number of likely N-dealkylation sites (tertiary alicyclic amines) is 1. The van der Waals surface area contributed by atoms with Crippen LogP contribution < -0.4 is 5.32 Å². The molecule has 22 heavy (non-hydrogen) atoms. The number of likely N-dealkylation sites (N-methyl/N-ethyl adjacent to an activating group) is 1. The molecule has 1 aliphatic rings. The van der Waals surface area contributed by atoms with Gasteiger partial charge in [0.15, 0.2) is 0 Å². The van der Waals surface area contributed by atoms with E-state index < -0.39 is 5.82 Å². The van der Waals surface area contributed by atoms with E-state index in [2.05, 4.69) is 5.32 Å². The Bertz CT molecular complexity index is 575. The van der Waals surface area contributed by atoms with Gasteiger partial charge in [-0.25, -0.2) is 4.39 Å². The number of carbonyl (C=O) groups excluding carboxylic acids is 2. The highest BCUT2D eigenvalue weighted by molar-refractivity contribution is 5.93. The third kappa shape index (κ3) is 3.82. The van der Waals surface area contributed by atoms with E-state index in [-0.39, 0.29) is 30.1 Å². The average Bonchev–Trinajstić information content (AvgIpc) is 2.89. The number of hydrogen-bond donors (Lipinski definition) is 1. The van der Waals surface area contributed by atoms with E-state index >= 15 is 0 Å². The first-order chi connectivity index (χ1) is 10.4. The van der Waals surface area contributed by atoms with Gasteiger partial charge in [0.1, 0.15) is 5.82 Å². The van der Waals surface area contributed by atoms with Crippen molar-refractivity contribution in [1.82, 2.24) is 9.80 Å². The molecule has 2 rings (SSSR count). The molecule has 1 aromatic rings. The smallest absolute Gasteiger partial charge is 0.239 e. The monoisotopic (exact) mass is 307 g/mol. The number of hydrogen-bond acceptors (Lipinski definition) is 3. The van der Waals surface area contributed by atoms with Gasteiger partial charge in [-0.1, -0.05) is 6.07 Å². The fraction of sp³-hybridized carbons (Fsp3) is 0.500. The third-order valence-corrected chi connectivity index (χ3v) is 3.83. The number of anilines is 1. The zero-order valence-corrected chi connectivity index (χ0v) is 13.2. The summed E-state index contributed by atoms with van der Waals surface area (Å²) in [5.41, 5.74) is 0.969. The van der Waals surface area contributed by atoms with E-state index in [1.54, 1.807) is 38.1 Å². The Morgan fingerprint density at radius 3 is 2.77 bits per heavy atom. The van der Waals surface area contributed by atoms with E-state index in [1.165, 1.54) is 6.07 Å². The SMILES string of the molecule is Cc1ccc(NC(=O)CN2CCC[C@H]2C(=O)N(C)C)c(F)c1. The van der Waals surface area contributed by atoms with Crippen LogP contribution in [0.4, 0.5) is 10.1 Å². The maximum atomic E-state index is 13.7. The largest absolute Gasteiger partial charge is 0.347 e. The van der Waals surface area contributed by atoms with Crippen molar-refractivity contribution >= 4 is 17.5 Å². The van der Waals surface area contributed by atoms with E-state index in [0.29, 0.717) is 6.54 Å². The third-order valence-electron chi connectivity index (χ3n) is 3.83. The molecule has 0 unspecified atom stereocenters. The van der Waals surface area contributed by atoms with Crippen LogP contribution >= 0.6 is 0 Å². The summed E-state index contributed by atoms with van der Waals surface area (Å²) in [4.78, 5) is 27.6. The minimum Gasteiger partial charge on any atom is -0.347 e. The average molecular weight is 307 g/mol. The highest BCUT2D eigenvalue weighted by atomic mass is 19.1. The molecule has 0 saturated carbocycles. The van der Waals surface area contributed by atoms with Crippen molar-refractivity contribution < 1.29 is 14.0 Å². The van der Waals surface area contributed by atoms with Gasteiger partial charge in [0.2, 0.25) is 11.8 Å². The van der Waals surface area contributed by atoms with E-state index in [1.807, 2.05) is 4.90 Å². The maximum Gasteiger partial charge on any atom is 0.239 e. The fourth-order valence-corrected chi connectivity index (χ4v) is 2.69. The molecule has 0 aromatic heterocycles. The van der Waals surface area contributed by atoms with Crippen LogP contribution in [0.15, 0.2) is 18.2 Å². The zero-order chi connectivity index (χ0) is 16.3. The molecule has 0 aliphatic carbocycles. The molecular weight excluding hydrogens is 285 g/mol. The minimum atomic E-state index is -0.448. The fourth-order valence-electron chi connectivity index (χ4n) is 2.69. The quantitative estimate of drug-likeness (QED) is 0.920. The summed E-state index contributed by atoms with van der Waals surface area (Å²) < 4.78 is 13.7.